The number of rotatable bonds is 6. The third-order valence-electron chi connectivity index (χ3n) is 5.35. The Morgan fingerprint density at radius 1 is 1.24 bits per heavy atom. The summed E-state index contributed by atoms with van der Waals surface area (Å²) in [4.78, 5) is 18.5. The number of aliphatic imine (C=N–C) groups is 1. The van der Waals surface area contributed by atoms with E-state index in [1.807, 2.05) is 0 Å². The van der Waals surface area contributed by atoms with Crippen LogP contribution in [0.3, 0.4) is 0 Å². The van der Waals surface area contributed by atoms with Gasteiger partial charge in [-0.2, -0.15) is 0 Å². The number of amides is 1. The molecular formula is C18H36IN5O. The Kier molecular flexibility index (Phi) is 10.1. The highest BCUT2D eigenvalue weighted by atomic mass is 127. The van der Waals surface area contributed by atoms with E-state index in [0.29, 0.717) is 18.0 Å². The molecule has 0 radical (unpaired) electrons. The highest BCUT2D eigenvalue weighted by molar-refractivity contribution is 14.0. The van der Waals surface area contributed by atoms with E-state index in [1.54, 1.807) is 7.05 Å². The molecule has 1 amide bonds. The highest BCUT2D eigenvalue weighted by Gasteiger charge is 2.28. The molecule has 6 nitrogen and oxygen atoms in total. The van der Waals surface area contributed by atoms with E-state index in [9.17, 15) is 4.79 Å². The van der Waals surface area contributed by atoms with Gasteiger partial charge in [0.2, 0.25) is 5.91 Å². The molecule has 0 aromatic rings. The molecular weight excluding hydrogens is 429 g/mol. The SMILES string of the molecule is CCNC(=NCC1(C)CCCC1)NC1CCN(CC(=O)NC)CC1.I. The molecule has 0 aromatic heterocycles. The Hall–Kier alpha value is -0.570. The maximum Gasteiger partial charge on any atom is 0.233 e. The number of hydrogen-bond donors (Lipinski definition) is 3. The van der Waals surface area contributed by atoms with Crippen LogP contribution < -0.4 is 16.0 Å². The number of likely N-dealkylation sites (N-methyl/N-ethyl adjacent to an activating group) is 1. The van der Waals surface area contributed by atoms with E-state index >= 15 is 0 Å². The topological polar surface area (TPSA) is 68.8 Å². The number of nitrogens with one attached hydrogen (secondary N) is 3. The van der Waals surface area contributed by atoms with Crippen molar-refractivity contribution in [2.75, 3.05) is 39.8 Å². The van der Waals surface area contributed by atoms with Gasteiger partial charge in [0, 0.05) is 39.3 Å². The molecule has 0 aromatic carbocycles. The Morgan fingerprint density at radius 2 is 1.88 bits per heavy atom. The molecule has 1 saturated carbocycles. The molecule has 146 valence electrons. The Morgan fingerprint density at radius 3 is 2.44 bits per heavy atom. The molecule has 2 rings (SSSR count). The first kappa shape index (κ1) is 22.5. The summed E-state index contributed by atoms with van der Waals surface area (Å²) >= 11 is 0. The minimum atomic E-state index is 0. The van der Waals surface area contributed by atoms with Crippen LogP contribution in [0.5, 0.6) is 0 Å². The van der Waals surface area contributed by atoms with Crippen LogP contribution in [0.25, 0.3) is 0 Å². The van der Waals surface area contributed by atoms with Gasteiger partial charge in [-0.05, 0) is 38.0 Å². The van der Waals surface area contributed by atoms with Crippen LogP contribution in [0.4, 0.5) is 0 Å². The third-order valence-corrected chi connectivity index (χ3v) is 5.35. The van der Waals surface area contributed by atoms with Gasteiger partial charge in [-0.25, -0.2) is 0 Å². The second-order valence-corrected chi connectivity index (χ2v) is 7.58. The lowest BCUT2D eigenvalue weighted by Gasteiger charge is -2.32. The molecule has 0 bridgehead atoms. The van der Waals surface area contributed by atoms with Crippen LogP contribution in [-0.2, 0) is 4.79 Å². The first-order chi connectivity index (χ1) is 11.5. The fourth-order valence-electron chi connectivity index (χ4n) is 3.69. The largest absolute Gasteiger partial charge is 0.358 e. The molecule has 1 aliphatic heterocycles. The third kappa shape index (κ3) is 7.68. The average Bonchev–Trinajstić information content (AvgIpc) is 3.01. The number of carbonyl (C=O) groups excluding carboxylic acids is 1. The molecule has 25 heavy (non-hydrogen) atoms. The van der Waals surface area contributed by atoms with Crippen LogP contribution >= 0.6 is 24.0 Å². The quantitative estimate of drug-likeness (QED) is 0.319. The van der Waals surface area contributed by atoms with Crippen molar-refractivity contribution in [2.24, 2.45) is 10.4 Å². The van der Waals surface area contributed by atoms with Gasteiger partial charge >= 0.3 is 0 Å². The highest BCUT2D eigenvalue weighted by Crippen LogP contribution is 2.37. The van der Waals surface area contributed by atoms with Crippen LogP contribution in [0.1, 0.15) is 52.4 Å². The lowest BCUT2D eigenvalue weighted by molar-refractivity contribution is -0.122. The van der Waals surface area contributed by atoms with E-state index in [-0.39, 0.29) is 29.9 Å². The standard InChI is InChI=1S/C18H35N5O.HI/c1-4-20-17(21-14-18(2)9-5-6-10-18)22-15-7-11-23(12-8-15)13-16(24)19-3;/h15H,4-14H2,1-3H3,(H,19,24)(H2,20,21,22);1H. The van der Waals surface area contributed by atoms with Crippen molar-refractivity contribution in [1.29, 1.82) is 0 Å². The smallest absolute Gasteiger partial charge is 0.233 e. The number of nitrogens with zero attached hydrogens (tertiary/aromatic N) is 2. The lowest BCUT2D eigenvalue weighted by Crippen LogP contribution is -2.50. The maximum absolute atomic E-state index is 11.5. The number of guanidine groups is 1. The van der Waals surface area contributed by atoms with Gasteiger partial charge in [0.1, 0.15) is 0 Å². The molecule has 0 unspecified atom stereocenters. The predicted molar refractivity (Wildman–Crippen MR) is 115 cm³/mol. The summed E-state index contributed by atoms with van der Waals surface area (Å²) < 4.78 is 0. The van der Waals surface area contributed by atoms with Gasteiger partial charge < -0.3 is 16.0 Å². The summed E-state index contributed by atoms with van der Waals surface area (Å²) in [6.07, 6.45) is 7.40. The molecule has 0 atom stereocenters. The zero-order valence-electron chi connectivity index (χ0n) is 16.1. The summed E-state index contributed by atoms with van der Waals surface area (Å²) in [5.41, 5.74) is 0.388. The number of hydrogen-bond acceptors (Lipinski definition) is 3. The van der Waals surface area contributed by atoms with Crippen molar-refractivity contribution in [3.05, 3.63) is 0 Å². The monoisotopic (exact) mass is 465 g/mol. The van der Waals surface area contributed by atoms with Crippen molar-refractivity contribution >= 4 is 35.8 Å². The lowest BCUT2D eigenvalue weighted by atomic mass is 9.89. The molecule has 3 N–H and O–H groups in total. The predicted octanol–water partition coefficient (Wildman–Crippen LogP) is 1.95. The maximum atomic E-state index is 11.5. The van der Waals surface area contributed by atoms with Crippen molar-refractivity contribution in [3.8, 4) is 0 Å². The molecule has 1 heterocycles. The van der Waals surface area contributed by atoms with Gasteiger partial charge in [0.25, 0.3) is 0 Å². The Labute approximate surface area is 170 Å². The normalized spacial score (nSPS) is 21.5. The zero-order chi connectivity index (χ0) is 17.4. The summed E-state index contributed by atoms with van der Waals surface area (Å²) in [6.45, 7) is 8.71. The van der Waals surface area contributed by atoms with Gasteiger partial charge in [-0.1, -0.05) is 19.8 Å². The van der Waals surface area contributed by atoms with E-state index < -0.39 is 0 Å². The minimum Gasteiger partial charge on any atom is -0.358 e. The van der Waals surface area contributed by atoms with Crippen LogP contribution in [0.15, 0.2) is 4.99 Å². The second-order valence-electron chi connectivity index (χ2n) is 7.58. The second kappa shape index (κ2) is 11.2. The summed E-state index contributed by atoms with van der Waals surface area (Å²) in [5, 5.41) is 9.68. The summed E-state index contributed by atoms with van der Waals surface area (Å²) in [6, 6.07) is 0.445. The Bertz CT molecular complexity index is 429. The summed E-state index contributed by atoms with van der Waals surface area (Å²) in [5.74, 6) is 1.05. The molecule has 7 heteroatoms. The van der Waals surface area contributed by atoms with E-state index in [2.05, 4.69) is 34.7 Å². The number of carbonyl (C=O) groups is 1. The van der Waals surface area contributed by atoms with Gasteiger partial charge in [0.15, 0.2) is 5.96 Å². The van der Waals surface area contributed by atoms with Crippen molar-refractivity contribution in [2.45, 2.75) is 58.4 Å². The fraction of sp³-hybridized carbons (Fsp3) is 0.889. The van der Waals surface area contributed by atoms with Gasteiger partial charge in [-0.15, -0.1) is 24.0 Å². The first-order valence-electron chi connectivity index (χ1n) is 9.52. The van der Waals surface area contributed by atoms with Crippen molar-refractivity contribution in [3.63, 3.8) is 0 Å². The van der Waals surface area contributed by atoms with E-state index in [0.717, 1.165) is 45.0 Å². The minimum absolute atomic E-state index is 0. The van der Waals surface area contributed by atoms with Gasteiger partial charge in [0.05, 0.1) is 6.54 Å². The molecule has 1 saturated heterocycles. The molecule has 1 aliphatic carbocycles. The van der Waals surface area contributed by atoms with Crippen LogP contribution in [0.2, 0.25) is 0 Å². The van der Waals surface area contributed by atoms with Crippen LogP contribution in [-0.4, -0.2) is 62.6 Å². The molecule has 0 spiro atoms. The fourth-order valence-corrected chi connectivity index (χ4v) is 3.69. The molecule has 2 aliphatic rings. The first-order valence-corrected chi connectivity index (χ1v) is 9.52. The number of likely N-dealkylation sites (tertiary alicyclic amines) is 1. The number of piperidine rings is 1. The van der Waals surface area contributed by atoms with Crippen molar-refractivity contribution < 1.29 is 4.79 Å². The van der Waals surface area contributed by atoms with Crippen LogP contribution in [0, 0.1) is 5.41 Å². The van der Waals surface area contributed by atoms with E-state index in [1.165, 1.54) is 25.7 Å². The Balaban J connectivity index is 0.00000312. The average molecular weight is 465 g/mol. The van der Waals surface area contributed by atoms with Gasteiger partial charge in [-0.3, -0.25) is 14.7 Å². The van der Waals surface area contributed by atoms with E-state index in [4.69, 9.17) is 4.99 Å². The number of halogens is 1. The van der Waals surface area contributed by atoms with Crippen molar-refractivity contribution in [1.82, 2.24) is 20.9 Å². The zero-order valence-corrected chi connectivity index (χ0v) is 18.4. The summed E-state index contributed by atoms with van der Waals surface area (Å²) in [7, 11) is 1.70. The molecule has 2 fully saturated rings.